The van der Waals surface area contributed by atoms with Gasteiger partial charge in [0.1, 0.15) is 23.4 Å². The number of hydrogen-bond acceptors (Lipinski definition) is 9. The lowest BCUT2D eigenvalue weighted by Gasteiger charge is -2.32. The van der Waals surface area contributed by atoms with Crippen LogP contribution in [0.3, 0.4) is 0 Å². The molecule has 0 fully saturated rings. The molecule has 168 valence electrons. The Morgan fingerprint density at radius 2 is 1.10 bits per heavy atom. The summed E-state index contributed by atoms with van der Waals surface area (Å²) in [6, 6.07) is -1.64. The molecule has 0 rings (SSSR count). The maximum absolute atomic E-state index is 12.6. The van der Waals surface area contributed by atoms with E-state index in [9.17, 15) is 19.2 Å². The second-order valence-corrected chi connectivity index (χ2v) is 9.15. The molecule has 0 aromatic heterocycles. The van der Waals surface area contributed by atoms with E-state index in [0.29, 0.717) is 4.90 Å². The van der Waals surface area contributed by atoms with Crippen LogP contribution in [0.2, 0.25) is 0 Å². The van der Waals surface area contributed by atoms with Gasteiger partial charge in [-0.2, -0.15) is 4.90 Å². The van der Waals surface area contributed by atoms with Crippen LogP contribution in [0, 0.1) is 0 Å². The summed E-state index contributed by atoms with van der Waals surface area (Å²) in [5.41, 5.74) is -2.78. The molecule has 0 aliphatic heterocycles. The molecule has 0 heterocycles. The summed E-state index contributed by atoms with van der Waals surface area (Å²) in [6.07, 6.45) is -3.40. The summed E-state index contributed by atoms with van der Waals surface area (Å²) in [7, 11) is 1.06. The lowest BCUT2D eigenvalue weighted by Crippen LogP contribution is -2.54. The van der Waals surface area contributed by atoms with Crippen LogP contribution in [0.5, 0.6) is 0 Å². The van der Waals surface area contributed by atoms with Gasteiger partial charge in [-0.25, -0.2) is 19.2 Å². The van der Waals surface area contributed by atoms with E-state index in [1.54, 1.807) is 62.3 Å². The number of carbonyl (C=O) groups is 4. The highest BCUT2D eigenvalue weighted by molar-refractivity contribution is 5.94. The molecule has 0 radical (unpaired) electrons. The predicted molar refractivity (Wildman–Crippen MR) is 102 cm³/mol. The molecule has 0 aromatic carbocycles. The molecule has 0 aliphatic rings. The zero-order valence-corrected chi connectivity index (χ0v) is 18.9. The molecule has 10 nitrogen and oxygen atoms in total. The number of rotatable bonds is 4. The van der Waals surface area contributed by atoms with Crippen LogP contribution in [0.15, 0.2) is 0 Å². The largest absolute Gasteiger partial charge is 0.508 e. The van der Waals surface area contributed by atoms with Gasteiger partial charge in [0.2, 0.25) is 0 Å². The quantitative estimate of drug-likeness (QED) is 0.497. The zero-order valence-electron chi connectivity index (χ0n) is 18.9. The SMILES string of the molecule is COC(=O)C(COC(=O)OC(C)(C)C)N(C(=O)OC(C)(C)C)C(=O)OC(C)(C)C. The van der Waals surface area contributed by atoms with Crippen LogP contribution in [0.4, 0.5) is 14.4 Å². The van der Waals surface area contributed by atoms with Crippen LogP contribution in [0.1, 0.15) is 62.3 Å². The average molecular weight is 419 g/mol. The Labute approximate surface area is 171 Å². The average Bonchev–Trinajstić information content (AvgIpc) is 2.44. The summed E-state index contributed by atoms with van der Waals surface area (Å²) in [4.78, 5) is 49.8. The van der Waals surface area contributed by atoms with E-state index in [2.05, 4.69) is 4.74 Å². The topological polar surface area (TPSA) is 118 Å². The standard InChI is InChI=1S/C19H33NO9/c1-17(2,3)27-14(22)20(15(23)28-18(4,5)6)12(13(21)25-10)11-26-16(24)29-19(7,8)9/h12H,11H2,1-10H3. The Hall–Kier alpha value is -2.52. The van der Waals surface area contributed by atoms with Gasteiger partial charge in [-0.1, -0.05) is 0 Å². The first-order chi connectivity index (χ1) is 12.9. The lowest BCUT2D eigenvalue weighted by molar-refractivity contribution is -0.148. The molecule has 0 N–H and O–H groups in total. The number of ether oxygens (including phenoxy) is 5. The van der Waals surface area contributed by atoms with Gasteiger partial charge in [0.05, 0.1) is 7.11 Å². The predicted octanol–water partition coefficient (Wildman–Crippen LogP) is 3.65. The van der Waals surface area contributed by atoms with Crippen molar-refractivity contribution in [2.24, 2.45) is 0 Å². The van der Waals surface area contributed by atoms with E-state index in [-0.39, 0.29) is 0 Å². The van der Waals surface area contributed by atoms with Crippen molar-refractivity contribution in [2.75, 3.05) is 13.7 Å². The molecule has 0 saturated carbocycles. The van der Waals surface area contributed by atoms with Crippen molar-refractivity contribution >= 4 is 24.3 Å². The van der Waals surface area contributed by atoms with Gasteiger partial charge in [0.15, 0.2) is 6.04 Å². The Kier molecular flexibility index (Phi) is 8.95. The monoisotopic (exact) mass is 419 g/mol. The maximum atomic E-state index is 12.6. The van der Waals surface area contributed by atoms with Gasteiger partial charge >= 0.3 is 24.3 Å². The Bertz CT molecular complexity index is 581. The highest BCUT2D eigenvalue weighted by Crippen LogP contribution is 2.18. The van der Waals surface area contributed by atoms with E-state index in [1.807, 2.05) is 0 Å². The Morgan fingerprint density at radius 3 is 1.41 bits per heavy atom. The van der Waals surface area contributed by atoms with Crippen molar-refractivity contribution in [2.45, 2.75) is 85.2 Å². The Morgan fingerprint density at radius 1 is 0.724 bits per heavy atom. The van der Waals surface area contributed by atoms with Gasteiger partial charge in [0.25, 0.3) is 0 Å². The molecule has 0 aromatic rings. The van der Waals surface area contributed by atoms with E-state index in [4.69, 9.17) is 18.9 Å². The van der Waals surface area contributed by atoms with E-state index >= 15 is 0 Å². The summed E-state index contributed by atoms with van der Waals surface area (Å²) in [5.74, 6) is -1.01. The van der Waals surface area contributed by atoms with Crippen molar-refractivity contribution in [1.29, 1.82) is 0 Å². The molecule has 0 bridgehead atoms. The first-order valence-electron chi connectivity index (χ1n) is 9.05. The van der Waals surface area contributed by atoms with Crippen LogP contribution in [-0.2, 0) is 28.5 Å². The van der Waals surface area contributed by atoms with Crippen molar-refractivity contribution in [3.8, 4) is 0 Å². The summed E-state index contributed by atoms with van der Waals surface area (Å²) < 4.78 is 25.0. The number of esters is 1. The van der Waals surface area contributed by atoms with E-state index < -0.39 is 53.8 Å². The number of nitrogens with zero attached hydrogens (tertiary/aromatic N) is 1. The second kappa shape index (κ2) is 9.80. The van der Waals surface area contributed by atoms with Crippen molar-refractivity contribution in [1.82, 2.24) is 4.90 Å². The fourth-order valence-electron chi connectivity index (χ4n) is 1.76. The molecular formula is C19H33NO9. The Balaban J connectivity index is 5.78. The minimum absolute atomic E-state index is 0.423. The van der Waals surface area contributed by atoms with Gasteiger partial charge in [-0.3, -0.25) is 0 Å². The van der Waals surface area contributed by atoms with Crippen LogP contribution >= 0.6 is 0 Å². The molecule has 1 unspecified atom stereocenters. The first-order valence-corrected chi connectivity index (χ1v) is 9.05. The van der Waals surface area contributed by atoms with Gasteiger partial charge in [-0.05, 0) is 62.3 Å². The zero-order chi connectivity index (χ0) is 23.2. The molecule has 0 spiro atoms. The highest BCUT2D eigenvalue weighted by atomic mass is 16.7. The minimum atomic E-state index is -1.64. The fraction of sp³-hybridized carbons (Fsp3) is 0.789. The third-order valence-electron chi connectivity index (χ3n) is 2.71. The van der Waals surface area contributed by atoms with Crippen molar-refractivity contribution in [3.63, 3.8) is 0 Å². The van der Waals surface area contributed by atoms with E-state index in [0.717, 1.165) is 7.11 Å². The van der Waals surface area contributed by atoms with Gasteiger partial charge < -0.3 is 23.7 Å². The second-order valence-electron chi connectivity index (χ2n) is 9.15. The number of imide groups is 1. The number of methoxy groups -OCH3 is 1. The third kappa shape index (κ3) is 11.2. The van der Waals surface area contributed by atoms with Crippen LogP contribution in [0.25, 0.3) is 0 Å². The molecule has 1 atom stereocenters. The number of amides is 2. The normalized spacial score (nSPS) is 13.0. The minimum Gasteiger partial charge on any atom is -0.467 e. The van der Waals surface area contributed by atoms with Gasteiger partial charge in [0, 0.05) is 0 Å². The van der Waals surface area contributed by atoms with Gasteiger partial charge in [-0.15, -0.1) is 0 Å². The molecule has 2 amide bonds. The lowest BCUT2D eigenvalue weighted by atomic mass is 10.2. The summed E-state index contributed by atoms with van der Waals surface area (Å²) in [5, 5.41) is 0. The number of hydrogen-bond donors (Lipinski definition) is 0. The smallest absolute Gasteiger partial charge is 0.467 e. The highest BCUT2D eigenvalue weighted by Gasteiger charge is 2.42. The number of carbonyl (C=O) groups excluding carboxylic acids is 4. The maximum Gasteiger partial charge on any atom is 0.508 e. The van der Waals surface area contributed by atoms with Crippen LogP contribution in [-0.4, -0.2) is 65.8 Å². The first kappa shape index (κ1) is 26.5. The third-order valence-corrected chi connectivity index (χ3v) is 2.71. The summed E-state index contributed by atoms with van der Waals surface area (Å²) in [6.45, 7) is 13.7. The molecular weight excluding hydrogens is 386 g/mol. The molecule has 0 saturated heterocycles. The van der Waals surface area contributed by atoms with Crippen LogP contribution < -0.4 is 0 Å². The molecule has 10 heteroatoms. The van der Waals surface area contributed by atoms with Crippen molar-refractivity contribution < 1.29 is 42.9 Å². The van der Waals surface area contributed by atoms with E-state index in [1.165, 1.54) is 0 Å². The molecule has 0 aliphatic carbocycles. The van der Waals surface area contributed by atoms with Crippen molar-refractivity contribution in [3.05, 3.63) is 0 Å². The molecule has 29 heavy (non-hydrogen) atoms. The summed E-state index contributed by atoms with van der Waals surface area (Å²) >= 11 is 0. The fourth-order valence-corrected chi connectivity index (χ4v) is 1.76.